The number of nitrogens with zero attached hydrogens (tertiary/aromatic N) is 2. The van der Waals surface area contributed by atoms with Gasteiger partial charge in [-0.25, -0.2) is 9.79 Å². The number of carbonyl (C=O) groups is 2. The highest BCUT2D eigenvalue weighted by atomic mass is 79.9. The fourth-order valence-corrected chi connectivity index (χ4v) is 4.69. The summed E-state index contributed by atoms with van der Waals surface area (Å²) in [4.78, 5) is 31.3. The van der Waals surface area contributed by atoms with Gasteiger partial charge in [-0.15, -0.1) is 0 Å². The zero-order chi connectivity index (χ0) is 26.4. The number of halogens is 1. The van der Waals surface area contributed by atoms with Crippen LogP contribution in [0.5, 0.6) is 11.5 Å². The number of rotatable bonds is 8. The summed E-state index contributed by atoms with van der Waals surface area (Å²) in [6, 6.07) is 20.2. The van der Waals surface area contributed by atoms with E-state index in [4.69, 9.17) is 14.2 Å². The first-order valence-corrected chi connectivity index (χ1v) is 13.1. The lowest BCUT2D eigenvalue weighted by molar-refractivity contribution is -0.121. The normalized spacial score (nSPS) is 15.4. The number of carbonyl (C=O) groups excluding carboxylic acids is 2. The van der Waals surface area contributed by atoms with Crippen LogP contribution >= 0.6 is 27.7 Å². The number of hydrogen-bond donors (Lipinski definition) is 0. The molecule has 1 heterocycles. The summed E-state index contributed by atoms with van der Waals surface area (Å²) in [6.07, 6.45) is 1.80. The van der Waals surface area contributed by atoms with Gasteiger partial charge in [0.2, 0.25) is 0 Å². The van der Waals surface area contributed by atoms with Crippen molar-refractivity contribution in [3.63, 3.8) is 0 Å². The number of thioether (sulfide) groups is 1. The Hall–Kier alpha value is -3.56. The molecule has 1 aliphatic heterocycles. The molecule has 0 saturated carbocycles. The van der Waals surface area contributed by atoms with Crippen molar-refractivity contribution in [1.29, 1.82) is 0 Å². The molecule has 1 amide bonds. The van der Waals surface area contributed by atoms with Crippen LogP contribution in [0.3, 0.4) is 0 Å². The quantitative estimate of drug-likeness (QED) is 0.225. The molecule has 190 valence electrons. The Bertz CT molecular complexity index is 1350. The van der Waals surface area contributed by atoms with Crippen LogP contribution in [-0.4, -0.2) is 42.7 Å². The van der Waals surface area contributed by atoms with Crippen LogP contribution < -0.4 is 9.47 Å². The van der Waals surface area contributed by atoms with Crippen LogP contribution in [0.4, 0.5) is 5.69 Å². The summed E-state index contributed by atoms with van der Waals surface area (Å²) in [5.74, 6) is 0.658. The number of hydrogen-bond acceptors (Lipinski definition) is 7. The van der Waals surface area contributed by atoms with Crippen LogP contribution in [0.2, 0.25) is 0 Å². The first kappa shape index (κ1) is 26.5. The maximum Gasteiger partial charge on any atom is 0.338 e. The lowest BCUT2D eigenvalue weighted by Gasteiger charge is -2.11. The largest absolute Gasteiger partial charge is 0.493 e. The molecule has 37 heavy (non-hydrogen) atoms. The minimum Gasteiger partial charge on any atom is -0.493 e. The molecule has 0 bridgehead atoms. The van der Waals surface area contributed by atoms with Crippen LogP contribution in [0.15, 0.2) is 81.1 Å². The Morgan fingerprint density at radius 1 is 1.05 bits per heavy atom. The highest BCUT2D eigenvalue weighted by Gasteiger charge is 2.30. The Kier molecular flexibility index (Phi) is 8.68. The first-order chi connectivity index (χ1) is 17.9. The minimum atomic E-state index is -0.380. The summed E-state index contributed by atoms with van der Waals surface area (Å²) in [5.41, 5.74) is 2.92. The van der Waals surface area contributed by atoms with Gasteiger partial charge in [0.15, 0.2) is 16.7 Å². The molecule has 0 aromatic heterocycles. The molecule has 3 aromatic carbocycles. The number of amidine groups is 1. The lowest BCUT2D eigenvalue weighted by atomic mass is 10.2. The zero-order valence-corrected chi connectivity index (χ0v) is 23.0. The number of aliphatic imine (C=N–C) groups is 1. The number of esters is 1. The number of likely N-dealkylation sites (N-methyl/N-ethyl adjacent to an activating group) is 1. The van der Waals surface area contributed by atoms with Crippen LogP contribution in [0, 0.1) is 0 Å². The summed E-state index contributed by atoms with van der Waals surface area (Å²) in [6.45, 7) is 2.48. The second kappa shape index (κ2) is 12.1. The predicted octanol–water partition coefficient (Wildman–Crippen LogP) is 6.45. The maximum atomic E-state index is 12.9. The molecule has 0 atom stereocenters. The third kappa shape index (κ3) is 6.61. The van der Waals surface area contributed by atoms with Gasteiger partial charge < -0.3 is 14.2 Å². The monoisotopic (exact) mass is 580 g/mol. The molecule has 0 unspecified atom stereocenters. The molecule has 9 heteroatoms. The van der Waals surface area contributed by atoms with Gasteiger partial charge in [-0.1, -0.05) is 34.1 Å². The molecule has 3 aromatic rings. The Morgan fingerprint density at radius 2 is 1.78 bits per heavy atom. The molecule has 1 fully saturated rings. The van der Waals surface area contributed by atoms with Gasteiger partial charge in [-0.2, -0.15) is 0 Å². The first-order valence-electron chi connectivity index (χ1n) is 11.5. The van der Waals surface area contributed by atoms with Crippen LogP contribution in [0.25, 0.3) is 6.08 Å². The Balaban J connectivity index is 1.48. The van der Waals surface area contributed by atoms with Crippen molar-refractivity contribution >= 4 is 56.5 Å². The second-order valence-corrected chi connectivity index (χ2v) is 9.89. The SMILES string of the molecule is CCOC(=O)c1ccc(N=C2SC(=Cc3ccc(OCc4ccc(Br)cc4)c(OC)c3)C(=O)N2C)cc1. The fraction of sp³-hybridized carbons (Fsp3) is 0.179. The average Bonchev–Trinajstić information content (AvgIpc) is 3.16. The van der Waals surface area contributed by atoms with Gasteiger partial charge >= 0.3 is 5.97 Å². The van der Waals surface area contributed by atoms with E-state index in [9.17, 15) is 9.59 Å². The van der Waals surface area contributed by atoms with E-state index in [-0.39, 0.29) is 11.9 Å². The van der Waals surface area contributed by atoms with Crippen LogP contribution in [-0.2, 0) is 16.1 Å². The van der Waals surface area contributed by atoms with E-state index in [0.29, 0.717) is 46.0 Å². The van der Waals surface area contributed by atoms with Crippen molar-refractivity contribution in [1.82, 2.24) is 4.90 Å². The molecular weight excluding hydrogens is 556 g/mol. The molecule has 1 aliphatic rings. The van der Waals surface area contributed by atoms with Gasteiger partial charge in [-0.3, -0.25) is 9.69 Å². The van der Waals surface area contributed by atoms with E-state index in [1.807, 2.05) is 42.5 Å². The van der Waals surface area contributed by atoms with E-state index in [0.717, 1.165) is 15.6 Å². The van der Waals surface area contributed by atoms with E-state index < -0.39 is 0 Å². The summed E-state index contributed by atoms with van der Waals surface area (Å²) in [5, 5.41) is 0.543. The summed E-state index contributed by atoms with van der Waals surface area (Å²) < 4.78 is 17.5. The topological polar surface area (TPSA) is 77.4 Å². The smallest absolute Gasteiger partial charge is 0.338 e. The second-order valence-electron chi connectivity index (χ2n) is 7.96. The average molecular weight is 581 g/mol. The summed E-state index contributed by atoms with van der Waals surface area (Å²) >= 11 is 4.71. The molecule has 0 N–H and O–H groups in total. The standard InChI is InChI=1S/C28H25BrN2O5S/c1-4-35-27(33)20-8-12-22(13-9-20)30-28-31(2)26(32)25(37-28)16-19-7-14-23(24(15-19)34-3)36-17-18-5-10-21(29)11-6-18/h5-16H,4,17H2,1-3H3. The van der Waals surface area contributed by atoms with E-state index in [1.54, 1.807) is 51.4 Å². The van der Waals surface area contributed by atoms with Gasteiger partial charge in [0.05, 0.1) is 29.9 Å². The highest BCUT2D eigenvalue weighted by molar-refractivity contribution is 9.10. The third-order valence-electron chi connectivity index (χ3n) is 5.40. The van der Waals surface area contributed by atoms with Crippen molar-refractivity contribution in [3.8, 4) is 11.5 Å². The highest BCUT2D eigenvalue weighted by Crippen LogP contribution is 2.35. The lowest BCUT2D eigenvalue weighted by Crippen LogP contribution is -2.23. The molecule has 0 spiro atoms. The molecule has 0 radical (unpaired) electrons. The van der Waals surface area contributed by atoms with Gasteiger partial charge in [0, 0.05) is 11.5 Å². The van der Waals surface area contributed by atoms with E-state index in [2.05, 4.69) is 20.9 Å². The summed E-state index contributed by atoms with van der Waals surface area (Å²) in [7, 11) is 3.27. The number of benzene rings is 3. The molecular formula is C28H25BrN2O5S. The van der Waals surface area contributed by atoms with Crippen LogP contribution in [0.1, 0.15) is 28.4 Å². The van der Waals surface area contributed by atoms with Gasteiger partial charge in [0.1, 0.15) is 6.61 Å². The van der Waals surface area contributed by atoms with Gasteiger partial charge in [-0.05, 0) is 84.4 Å². The van der Waals surface area contributed by atoms with Crippen molar-refractivity contribution in [2.45, 2.75) is 13.5 Å². The maximum absolute atomic E-state index is 12.9. The fourth-order valence-electron chi connectivity index (χ4n) is 3.43. The van der Waals surface area contributed by atoms with E-state index >= 15 is 0 Å². The molecule has 0 aliphatic carbocycles. The number of methoxy groups -OCH3 is 1. The van der Waals surface area contributed by atoms with Gasteiger partial charge in [0.25, 0.3) is 5.91 Å². The molecule has 7 nitrogen and oxygen atoms in total. The Labute approximate surface area is 228 Å². The van der Waals surface area contributed by atoms with Crippen molar-refractivity contribution in [2.75, 3.05) is 20.8 Å². The molecule has 4 rings (SSSR count). The third-order valence-corrected chi connectivity index (χ3v) is 6.99. The van der Waals surface area contributed by atoms with Crippen molar-refractivity contribution in [2.24, 2.45) is 4.99 Å². The molecule has 1 saturated heterocycles. The Morgan fingerprint density at radius 3 is 2.46 bits per heavy atom. The number of amides is 1. The van der Waals surface area contributed by atoms with Crippen molar-refractivity contribution < 1.29 is 23.8 Å². The van der Waals surface area contributed by atoms with Crippen molar-refractivity contribution in [3.05, 3.63) is 92.8 Å². The van der Waals surface area contributed by atoms with E-state index in [1.165, 1.54) is 16.7 Å². The minimum absolute atomic E-state index is 0.151. The number of ether oxygens (including phenoxy) is 3. The zero-order valence-electron chi connectivity index (χ0n) is 20.6. The predicted molar refractivity (Wildman–Crippen MR) is 149 cm³/mol.